The van der Waals surface area contributed by atoms with E-state index in [1.165, 1.54) is 110 Å². The molecule has 2 N–H and O–H groups in total. The van der Waals surface area contributed by atoms with Crippen LogP contribution in [0.1, 0.15) is 52.4 Å². The Hall–Kier alpha value is -6.65. The topological polar surface area (TPSA) is 48.8 Å². The number of aryl methyl sites for hydroxylation is 7. The second-order valence-electron chi connectivity index (χ2n) is 16.4. The molecule has 0 radical (unpaired) electrons. The van der Waals surface area contributed by atoms with Crippen molar-refractivity contribution < 1.29 is 0 Å². The fraction of sp³-hybridized carbons (Fsp3) is 0.167. The summed E-state index contributed by atoms with van der Waals surface area (Å²) in [5, 5.41) is 5.29. The molecule has 9 aromatic rings. The summed E-state index contributed by atoms with van der Waals surface area (Å²) in [6.45, 7) is 8.73. The Morgan fingerprint density at radius 1 is 0.638 bits per heavy atom. The molecule has 0 amide bonds. The Morgan fingerprint density at radius 3 is 1.83 bits per heavy atom. The van der Waals surface area contributed by atoms with Crippen molar-refractivity contribution in [3.63, 3.8) is 0 Å². The minimum absolute atomic E-state index is 0.915. The molecule has 4 heteroatoms. The first kappa shape index (κ1) is 34.6. The molecular weight excluding hydrogens is 705 g/mol. The molecule has 0 saturated heterocycles. The molecule has 2 aliphatic carbocycles. The molecule has 0 bridgehead atoms. The van der Waals surface area contributed by atoms with Crippen LogP contribution in [0.5, 0.6) is 0 Å². The molecule has 0 aliphatic heterocycles. The fourth-order valence-electron chi connectivity index (χ4n) is 10.5. The largest absolute Gasteiger partial charge is 0.405 e. The number of nitrogens with zero attached hydrogens (tertiary/aromatic N) is 3. The summed E-state index contributed by atoms with van der Waals surface area (Å²) in [6.07, 6.45) is 12.9. The molecule has 6 aromatic carbocycles. The SMILES string of the molecule is CC/C=C(\C=C/N)n1c2ccc(-c3ccccc3C)cc2c2cc3c4c(c21)CCc1cc2c5cc(-c6ccccc6C)ccc5n(-c5ccnc(C)c5)c2c(c1-4)CC3. The first-order valence-corrected chi connectivity index (χ1v) is 20.8. The number of aromatic nitrogens is 3. The van der Waals surface area contributed by atoms with E-state index in [2.05, 4.69) is 163 Å². The van der Waals surface area contributed by atoms with Crippen molar-refractivity contribution in [1.29, 1.82) is 0 Å². The lowest BCUT2D eigenvalue weighted by molar-refractivity contribution is 0.883. The number of pyridine rings is 1. The quantitative estimate of drug-likeness (QED) is 0.172. The van der Waals surface area contributed by atoms with Gasteiger partial charge in [-0.05, 0) is 180 Å². The van der Waals surface area contributed by atoms with Gasteiger partial charge in [0.1, 0.15) is 0 Å². The number of fused-ring (bicyclic) bond motifs is 8. The van der Waals surface area contributed by atoms with Crippen molar-refractivity contribution >= 4 is 49.3 Å². The zero-order valence-electron chi connectivity index (χ0n) is 33.7. The zero-order valence-corrected chi connectivity index (χ0v) is 33.7. The molecule has 2 aliphatic rings. The maximum Gasteiger partial charge on any atom is 0.0579 e. The van der Waals surface area contributed by atoms with E-state index in [0.29, 0.717) is 0 Å². The van der Waals surface area contributed by atoms with E-state index in [1.807, 2.05) is 6.20 Å². The molecule has 58 heavy (non-hydrogen) atoms. The van der Waals surface area contributed by atoms with Gasteiger partial charge in [-0.1, -0.05) is 73.7 Å². The molecule has 3 aromatic heterocycles. The fourth-order valence-corrected chi connectivity index (χ4v) is 10.5. The molecule has 3 heterocycles. The molecular formula is C54H46N4. The van der Waals surface area contributed by atoms with E-state index >= 15 is 0 Å². The number of hydrogen-bond donors (Lipinski definition) is 1. The predicted molar refractivity (Wildman–Crippen MR) is 245 cm³/mol. The van der Waals surface area contributed by atoms with E-state index < -0.39 is 0 Å². The molecule has 0 atom stereocenters. The maximum absolute atomic E-state index is 6.19. The smallest absolute Gasteiger partial charge is 0.0579 e. The summed E-state index contributed by atoms with van der Waals surface area (Å²) >= 11 is 0. The molecule has 0 spiro atoms. The Balaban J connectivity index is 1.23. The maximum atomic E-state index is 6.19. The van der Waals surface area contributed by atoms with E-state index in [0.717, 1.165) is 49.2 Å². The van der Waals surface area contributed by atoms with Crippen LogP contribution < -0.4 is 5.73 Å². The van der Waals surface area contributed by atoms with Gasteiger partial charge < -0.3 is 14.9 Å². The van der Waals surface area contributed by atoms with Crippen LogP contribution in [0.25, 0.3) is 88.4 Å². The number of hydrogen-bond acceptors (Lipinski definition) is 2. The third-order valence-corrected chi connectivity index (χ3v) is 13.0. The van der Waals surface area contributed by atoms with Crippen LogP contribution in [0.3, 0.4) is 0 Å². The van der Waals surface area contributed by atoms with Gasteiger partial charge in [0.25, 0.3) is 0 Å². The molecule has 0 saturated carbocycles. The van der Waals surface area contributed by atoms with Crippen LogP contribution in [0.2, 0.25) is 0 Å². The van der Waals surface area contributed by atoms with E-state index in [4.69, 9.17) is 5.73 Å². The van der Waals surface area contributed by atoms with Gasteiger partial charge in [0.05, 0.1) is 22.1 Å². The monoisotopic (exact) mass is 750 g/mol. The first-order chi connectivity index (χ1) is 28.4. The minimum atomic E-state index is 0.915. The predicted octanol–water partition coefficient (Wildman–Crippen LogP) is 13.1. The van der Waals surface area contributed by atoms with Gasteiger partial charge in [-0.15, -0.1) is 0 Å². The Morgan fingerprint density at radius 2 is 1.22 bits per heavy atom. The van der Waals surface area contributed by atoms with Crippen LogP contribution in [-0.4, -0.2) is 14.1 Å². The average Bonchev–Trinajstić information content (AvgIpc) is 3.74. The highest BCUT2D eigenvalue weighted by Gasteiger charge is 2.33. The van der Waals surface area contributed by atoms with E-state index in [9.17, 15) is 0 Å². The molecule has 0 unspecified atom stereocenters. The lowest BCUT2D eigenvalue weighted by Gasteiger charge is -2.31. The van der Waals surface area contributed by atoms with Crippen LogP contribution in [-0.2, 0) is 25.7 Å². The second-order valence-corrected chi connectivity index (χ2v) is 16.4. The molecule has 0 fully saturated rings. The van der Waals surface area contributed by atoms with E-state index in [1.54, 1.807) is 6.20 Å². The summed E-state index contributed by atoms with van der Waals surface area (Å²) in [4.78, 5) is 4.61. The van der Waals surface area contributed by atoms with Crippen LogP contribution in [0, 0.1) is 20.8 Å². The van der Waals surface area contributed by atoms with Gasteiger partial charge >= 0.3 is 0 Å². The number of rotatable bonds is 6. The number of benzene rings is 6. The van der Waals surface area contributed by atoms with Crippen LogP contribution >= 0.6 is 0 Å². The summed E-state index contributed by atoms with van der Waals surface area (Å²) in [5.74, 6) is 0. The van der Waals surface area contributed by atoms with Gasteiger partial charge in [0, 0.05) is 44.8 Å². The van der Waals surface area contributed by atoms with Crippen molar-refractivity contribution in [3.05, 3.63) is 173 Å². The number of allylic oxidation sites excluding steroid dienone is 3. The molecule has 11 rings (SSSR count). The summed E-state index contributed by atoms with van der Waals surface area (Å²) in [5.41, 5.74) is 31.1. The Labute approximate surface area is 339 Å². The van der Waals surface area contributed by atoms with Gasteiger partial charge in [-0.25, -0.2) is 0 Å². The van der Waals surface area contributed by atoms with Gasteiger partial charge in [-0.2, -0.15) is 0 Å². The average molecular weight is 751 g/mol. The first-order valence-electron chi connectivity index (χ1n) is 20.8. The summed E-state index contributed by atoms with van der Waals surface area (Å²) in [7, 11) is 0. The highest BCUT2D eigenvalue weighted by Crippen LogP contribution is 2.51. The molecule has 4 nitrogen and oxygen atoms in total. The van der Waals surface area contributed by atoms with Crippen molar-refractivity contribution in [3.8, 4) is 39.1 Å². The van der Waals surface area contributed by atoms with Gasteiger partial charge in [0.15, 0.2) is 0 Å². The summed E-state index contributed by atoms with van der Waals surface area (Å²) < 4.78 is 5.04. The number of nitrogens with two attached hydrogens (primary N) is 1. The Kier molecular flexibility index (Phi) is 7.88. The normalized spacial score (nSPS) is 13.8. The van der Waals surface area contributed by atoms with E-state index in [-0.39, 0.29) is 0 Å². The van der Waals surface area contributed by atoms with Crippen molar-refractivity contribution in [1.82, 2.24) is 14.1 Å². The van der Waals surface area contributed by atoms with Gasteiger partial charge in [0.2, 0.25) is 0 Å². The van der Waals surface area contributed by atoms with Crippen molar-refractivity contribution in [2.24, 2.45) is 5.73 Å². The summed E-state index contributed by atoms with van der Waals surface area (Å²) in [6, 6.07) is 41.1. The second kappa shape index (κ2) is 13.2. The van der Waals surface area contributed by atoms with Crippen molar-refractivity contribution in [2.75, 3.05) is 0 Å². The van der Waals surface area contributed by atoms with Crippen LogP contribution in [0.4, 0.5) is 0 Å². The zero-order chi connectivity index (χ0) is 39.2. The highest BCUT2D eigenvalue weighted by molar-refractivity contribution is 6.17. The minimum Gasteiger partial charge on any atom is -0.405 e. The van der Waals surface area contributed by atoms with Crippen molar-refractivity contribution in [2.45, 2.75) is 59.8 Å². The molecule has 282 valence electrons. The lowest BCUT2D eigenvalue weighted by Crippen LogP contribution is -2.16. The Bertz CT molecular complexity index is 3260. The standard InChI is InChI=1S/C54H46N4/c1-5-10-39(23-25-55)57-49-21-17-35(41-13-8-6-11-32(41)2)28-45(49)47-30-37-16-20-44-52-38(15-19-43(51(37)52)53(47)57)31-48-46-29-36(42-14-9-7-12-33(42)3)18-22-50(46)58(54(44)48)40-24-26-56-34(4)27-40/h6-14,17-18,21-31H,5,15-16,19-20,55H2,1-4H3/b25-23-,39-10+. The third kappa shape index (κ3) is 5.04. The van der Waals surface area contributed by atoms with Gasteiger partial charge in [-0.3, -0.25) is 4.98 Å². The van der Waals surface area contributed by atoms with Crippen LogP contribution in [0.15, 0.2) is 134 Å². The lowest BCUT2D eigenvalue weighted by atomic mass is 9.74. The highest BCUT2D eigenvalue weighted by atomic mass is 15.0. The third-order valence-electron chi connectivity index (χ3n) is 13.0.